The molecule has 0 radical (unpaired) electrons. The molecular formula is C17H18FN5O4. The Morgan fingerprint density at radius 2 is 1.93 bits per heavy atom. The van der Waals surface area contributed by atoms with Crippen molar-refractivity contribution in [1.29, 1.82) is 0 Å². The number of aromatic nitrogens is 4. The summed E-state index contributed by atoms with van der Waals surface area (Å²) in [7, 11) is 0. The Hall–Kier alpha value is -2.66. The van der Waals surface area contributed by atoms with Crippen LogP contribution < -0.4 is 5.32 Å². The number of halogens is 1. The molecule has 10 heteroatoms. The van der Waals surface area contributed by atoms with Crippen LogP contribution in [-0.4, -0.2) is 60.0 Å². The molecule has 0 saturated carbocycles. The molecule has 0 amide bonds. The Labute approximate surface area is 153 Å². The molecule has 1 aliphatic heterocycles. The molecule has 0 aliphatic carbocycles. The van der Waals surface area contributed by atoms with Gasteiger partial charge in [-0.1, -0.05) is 12.1 Å². The summed E-state index contributed by atoms with van der Waals surface area (Å²) in [5, 5.41) is 37.3. The van der Waals surface area contributed by atoms with Crippen LogP contribution in [-0.2, 0) is 11.3 Å². The number of aliphatic hydroxyl groups is 3. The fourth-order valence-electron chi connectivity index (χ4n) is 3.06. The van der Waals surface area contributed by atoms with Crippen LogP contribution in [0.15, 0.2) is 36.8 Å². The predicted molar refractivity (Wildman–Crippen MR) is 92.1 cm³/mol. The van der Waals surface area contributed by atoms with Gasteiger partial charge < -0.3 is 25.4 Å². The van der Waals surface area contributed by atoms with Crippen LogP contribution in [0.3, 0.4) is 0 Å². The summed E-state index contributed by atoms with van der Waals surface area (Å²) in [5.74, 6) is 0.213. The van der Waals surface area contributed by atoms with Crippen LogP contribution in [0.4, 0.5) is 10.2 Å². The molecule has 2 aromatic heterocycles. The zero-order chi connectivity index (χ0) is 19.0. The molecule has 1 aliphatic rings. The fraction of sp³-hybridized carbons (Fsp3) is 0.353. The highest BCUT2D eigenvalue weighted by atomic mass is 19.1. The van der Waals surface area contributed by atoms with Gasteiger partial charge in [-0.05, 0) is 17.7 Å². The number of nitrogens with zero attached hydrogens (tertiary/aromatic N) is 4. The lowest BCUT2D eigenvalue weighted by Crippen LogP contribution is -2.33. The number of fused-ring (bicyclic) bond motifs is 1. The SMILES string of the molecule is OC[C@H]1O[C@@H](n2ncc3c(NCc4ccc(F)cc4)ncnc32)[C@H](O)[C@@H]1O. The average molecular weight is 375 g/mol. The van der Waals surface area contributed by atoms with E-state index in [9.17, 15) is 19.7 Å². The number of anilines is 1. The molecule has 9 nitrogen and oxygen atoms in total. The standard InChI is InChI=1S/C17H18FN5O4/c18-10-3-1-9(2-4-10)5-19-15-11-6-22-23(16(11)21-8-20-15)17-14(26)13(25)12(7-24)27-17/h1-4,6,8,12-14,17,24-26H,5,7H2,(H,19,20,21)/t12-,13-,14-,17-/m1/s1. The number of ether oxygens (including phenoxy) is 1. The largest absolute Gasteiger partial charge is 0.394 e. The Morgan fingerprint density at radius 3 is 2.63 bits per heavy atom. The summed E-state index contributed by atoms with van der Waals surface area (Å²) < 4.78 is 19.9. The summed E-state index contributed by atoms with van der Waals surface area (Å²) in [4.78, 5) is 8.39. The molecule has 3 aromatic rings. The normalized spacial score (nSPS) is 25.2. The van der Waals surface area contributed by atoms with Gasteiger partial charge in [0, 0.05) is 6.54 Å². The third-order valence-corrected chi connectivity index (χ3v) is 4.52. The van der Waals surface area contributed by atoms with Crippen molar-refractivity contribution in [1.82, 2.24) is 19.7 Å². The van der Waals surface area contributed by atoms with Crippen molar-refractivity contribution in [2.45, 2.75) is 31.1 Å². The number of hydrogen-bond donors (Lipinski definition) is 4. The highest BCUT2D eigenvalue weighted by Gasteiger charge is 2.44. The van der Waals surface area contributed by atoms with Crippen LogP contribution >= 0.6 is 0 Å². The van der Waals surface area contributed by atoms with Crippen molar-refractivity contribution < 1.29 is 24.4 Å². The van der Waals surface area contributed by atoms with E-state index in [2.05, 4.69) is 20.4 Å². The highest BCUT2D eigenvalue weighted by Crippen LogP contribution is 2.31. The molecule has 4 rings (SSSR count). The Morgan fingerprint density at radius 1 is 1.15 bits per heavy atom. The van der Waals surface area contributed by atoms with Crippen molar-refractivity contribution in [3.05, 3.63) is 48.2 Å². The summed E-state index contributed by atoms with van der Waals surface area (Å²) in [6.45, 7) is -0.00118. The Balaban J connectivity index is 1.59. The minimum absolute atomic E-state index is 0.303. The summed E-state index contributed by atoms with van der Waals surface area (Å²) in [5.41, 5.74) is 1.28. The van der Waals surface area contributed by atoms with Gasteiger partial charge in [0.25, 0.3) is 0 Å². The van der Waals surface area contributed by atoms with Gasteiger partial charge in [-0.2, -0.15) is 5.10 Å². The van der Waals surface area contributed by atoms with E-state index in [1.54, 1.807) is 12.1 Å². The van der Waals surface area contributed by atoms with Gasteiger partial charge in [-0.3, -0.25) is 0 Å². The van der Waals surface area contributed by atoms with E-state index in [-0.39, 0.29) is 5.82 Å². The molecule has 0 bridgehead atoms. The first-order valence-electron chi connectivity index (χ1n) is 8.37. The van der Waals surface area contributed by atoms with Crippen molar-refractivity contribution in [2.24, 2.45) is 0 Å². The number of hydrogen-bond acceptors (Lipinski definition) is 8. The van der Waals surface area contributed by atoms with Gasteiger partial charge >= 0.3 is 0 Å². The van der Waals surface area contributed by atoms with Crippen molar-refractivity contribution in [3.8, 4) is 0 Å². The van der Waals surface area contributed by atoms with Crippen LogP contribution in [0.5, 0.6) is 0 Å². The summed E-state index contributed by atoms with van der Waals surface area (Å²) >= 11 is 0. The van der Waals surface area contributed by atoms with Gasteiger partial charge in [-0.25, -0.2) is 19.0 Å². The van der Waals surface area contributed by atoms with Gasteiger partial charge in [0.05, 0.1) is 18.2 Å². The molecule has 1 aromatic carbocycles. The Kier molecular flexibility index (Phi) is 4.70. The van der Waals surface area contributed by atoms with E-state index in [0.717, 1.165) is 5.56 Å². The maximum Gasteiger partial charge on any atom is 0.181 e. The molecule has 4 atom stereocenters. The molecule has 1 fully saturated rings. The van der Waals surface area contributed by atoms with E-state index < -0.39 is 31.1 Å². The van der Waals surface area contributed by atoms with E-state index >= 15 is 0 Å². The maximum absolute atomic E-state index is 13.0. The fourth-order valence-corrected chi connectivity index (χ4v) is 3.06. The maximum atomic E-state index is 13.0. The second-order valence-electron chi connectivity index (χ2n) is 6.26. The zero-order valence-corrected chi connectivity index (χ0v) is 14.1. The number of rotatable bonds is 5. The van der Waals surface area contributed by atoms with Gasteiger partial charge in [0.1, 0.15) is 36.3 Å². The minimum atomic E-state index is -1.25. The molecule has 3 heterocycles. The third-order valence-electron chi connectivity index (χ3n) is 4.52. The molecule has 27 heavy (non-hydrogen) atoms. The molecule has 1 saturated heterocycles. The number of aliphatic hydroxyl groups excluding tert-OH is 3. The Bertz CT molecular complexity index is 935. The summed E-state index contributed by atoms with van der Waals surface area (Å²) in [6.07, 6.45) is -1.49. The smallest absolute Gasteiger partial charge is 0.181 e. The number of benzene rings is 1. The minimum Gasteiger partial charge on any atom is -0.394 e. The second-order valence-corrected chi connectivity index (χ2v) is 6.26. The quantitative estimate of drug-likeness (QED) is 0.498. The van der Waals surface area contributed by atoms with Crippen molar-refractivity contribution in [2.75, 3.05) is 11.9 Å². The zero-order valence-electron chi connectivity index (χ0n) is 14.1. The lowest BCUT2D eigenvalue weighted by atomic mass is 10.1. The number of nitrogens with one attached hydrogen (secondary N) is 1. The predicted octanol–water partition coefficient (Wildman–Crippen LogP) is 0.189. The second kappa shape index (κ2) is 7.16. The molecule has 0 spiro atoms. The van der Waals surface area contributed by atoms with E-state index in [4.69, 9.17) is 4.74 Å². The topological polar surface area (TPSA) is 126 Å². The lowest BCUT2D eigenvalue weighted by molar-refractivity contribution is -0.0566. The molecule has 0 unspecified atom stereocenters. The van der Waals surface area contributed by atoms with E-state index in [1.165, 1.54) is 29.3 Å². The van der Waals surface area contributed by atoms with E-state index in [1.807, 2.05) is 0 Å². The van der Waals surface area contributed by atoms with Gasteiger partial charge in [0.2, 0.25) is 0 Å². The van der Waals surface area contributed by atoms with Crippen molar-refractivity contribution >= 4 is 16.9 Å². The van der Waals surface area contributed by atoms with Gasteiger partial charge in [0.15, 0.2) is 11.9 Å². The molecule has 4 N–H and O–H groups in total. The van der Waals surface area contributed by atoms with Crippen LogP contribution in [0.25, 0.3) is 11.0 Å². The third kappa shape index (κ3) is 3.23. The summed E-state index contributed by atoms with van der Waals surface area (Å²) in [6, 6.07) is 6.10. The molecule has 142 valence electrons. The van der Waals surface area contributed by atoms with Crippen LogP contribution in [0.1, 0.15) is 11.8 Å². The van der Waals surface area contributed by atoms with Crippen molar-refractivity contribution in [3.63, 3.8) is 0 Å². The monoisotopic (exact) mass is 375 g/mol. The van der Waals surface area contributed by atoms with Gasteiger partial charge in [-0.15, -0.1) is 0 Å². The first kappa shape index (κ1) is 17.7. The van der Waals surface area contributed by atoms with Crippen LogP contribution in [0.2, 0.25) is 0 Å². The van der Waals surface area contributed by atoms with Crippen LogP contribution in [0, 0.1) is 5.82 Å². The first-order chi connectivity index (χ1) is 13.1. The van der Waals surface area contributed by atoms with E-state index in [0.29, 0.717) is 23.4 Å². The first-order valence-corrected chi connectivity index (χ1v) is 8.37. The highest BCUT2D eigenvalue weighted by molar-refractivity contribution is 5.86. The lowest BCUT2D eigenvalue weighted by Gasteiger charge is -2.15. The average Bonchev–Trinajstić information content (AvgIpc) is 3.23. The molecular weight excluding hydrogens is 357 g/mol.